The van der Waals surface area contributed by atoms with Gasteiger partial charge in [0, 0.05) is 18.1 Å². The molecule has 3 nitrogen and oxygen atoms in total. The molecular weight excluding hydrogens is 200 g/mol. The van der Waals surface area contributed by atoms with E-state index in [1.54, 1.807) is 6.26 Å². The highest BCUT2D eigenvalue weighted by Gasteiger charge is 2.40. The van der Waals surface area contributed by atoms with Gasteiger partial charge in [0.05, 0.1) is 12.3 Å². The minimum absolute atomic E-state index is 0.137. The van der Waals surface area contributed by atoms with Crippen LogP contribution in [0.4, 0.5) is 0 Å². The minimum atomic E-state index is 0.137. The largest absolute Gasteiger partial charge is 0.467 e. The van der Waals surface area contributed by atoms with Crippen molar-refractivity contribution in [2.24, 2.45) is 5.73 Å². The summed E-state index contributed by atoms with van der Waals surface area (Å²) in [5.41, 5.74) is 7.57. The summed E-state index contributed by atoms with van der Waals surface area (Å²) >= 11 is 0. The van der Waals surface area contributed by atoms with Gasteiger partial charge in [0.15, 0.2) is 0 Å². The van der Waals surface area contributed by atoms with Crippen LogP contribution in [0.2, 0.25) is 0 Å². The lowest BCUT2D eigenvalue weighted by molar-refractivity contribution is 0.103. The molecule has 2 heterocycles. The van der Waals surface area contributed by atoms with Crippen molar-refractivity contribution in [3.63, 3.8) is 0 Å². The molecule has 0 radical (unpaired) electrons. The first-order valence-corrected chi connectivity index (χ1v) is 5.97. The molecule has 1 aromatic rings. The van der Waals surface area contributed by atoms with Gasteiger partial charge < -0.3 is 10.2 Å². The maximum Gasteiger partial charge on any atom is 0.125 e. The van der Waals surface area contributed by atoms with Crippen LogP contribution in [-0.2, 0) is 0 Å². The number of hydrogen-bond acceptors (Lipinski definition) is 3. The van der Waals surface area contributed by atoms with Crippen molar-refractivity contribution in [1.29, 1.82) is 0 Å². The van der Waals surface area contributed by atoms with Gasteiger partial charge in [0.1, 0.15) is 5.76 Å². The zero-order valence-corrected chi connectivity index (χ0v) is 10.7. The van der Waals surface area contributed by atoms with Gasteiger partial charge >= 0.3 is 0 Å². The molecule has 0 bridgehead atoms. The number of likely N-dealkylation sites (tertiary alicyclic amines) is 1. The first-order valence-electron chi connectivity index (χ1n) is 5.97. The van der Waals surface area contributed by atoms with Gasteiger partial charge in [-0.25, -0.2) is 0 Å². The second kappa shape index (κ2) is 3.90. The first-order chi connectivity index (χ1) is 7.41. The zero-order valence-electron chi connectivity index (χ0n) is 10.7. The molecule has 16 heavy (non-hydrogen) atoms. The van der Waals surface area contributed by atoms with Gasteiger partial charge in [0.25, 0.3) is 0 Å². The number of hydrogen-bond donors (Lipinski definition) is 1. The quantitative estimate of drug-likeness (QED) is 0.793. The maximum absolute atomic E-state index is 6.22. The highest BCUT2D eigenvalue weighted by Crippen LogP contribution is 2.38. The Morgan fingerprint density at radius 3 is 2.62 bits per heavy atom. The monoisotopic (exact) mass is 222 g/mol. The molecule has 2 N–H and O–H groups in total. The zero-order chi connectivity index (χ0) is 11.9. The van der Waals surface area contributed by atoms with Crippen LogP contribution in [0.5, 0.6) is 0 Å². The van der Waals surface area contributed by atoms with E-state index in [2.05, 4.69) is 32.6 Å². The predicted octanol–water partition coefficient (Wildman–Crippen LogP) is 2.46. The summed E-state index contributed by atoms with van der Waals surface area (Å²) < 4.78 is 5.62. The number of nitrogens with zero attached hydrogens (tertiary/aromatic N) is 1. The van der Waals surface area contributed by atoms with E-state index < -0.39 is 0 Å². The molecule has 2 rings (SSSR count). The third-order valence-electron chi connectivity index (χ3n) is 3.48. The second-order valence-electron chi connectivity index (χ2n) is 5.73. The Kier molecular flexibility index (Phi) is 2.84. The Hall–Kier alpha value is -0.800. The fraction of sp³-hybridized carbons (Fsp3) is 0.692. The second-order valence-corrected chi connectivity index (χ2v) is 5.73. The van der Waals surface area contributed by atoms with Crippen molar-refractivity contribution >= 4 is 0 Å². The lowest BCUT2D eigenvalue weighted by atomic mass is 10.00. The molecule has 3 heteroatoms. The van der Waals surface area contributed by atoms with Crippen LogP contribution >= 0.6 is 0 Å². The van der Waals surface area contributed by atoms with Crippen LogP contribution in [0, 0.1) is 6.92 Å². The van der Waals surface area contributed by atoms with E-state index in [1.165, 1.54) is 5.56 Å². The summed E-state index contributed by atoms with van der Waals surface area (Å²) in [4.78, 5) is 2.45. The van der Waals surface area contributed by atoms with Crippen molar-refractivity contribution in [2.45, 2.75) is 51.7 Å². The standard InChI is InChI=1S/C13H22N2O/c1-9-6-8-16-12(9)11-10(14)5-7-15(11)13(2,3)4/h6,8,10-11H,5,7,14H2,1-4H3. The molecule has 1 aromatic heterocycles. The molecule has 1 aliphatic rings. The van der Waals surface area contributed by atoms with Crippen molar-refractivity contribution in [3.05, 3.63) is 23.7 Å². The van der Waals surface area contributed by atoms with Crippen LogP contribution in [0.1, 0.15) is 44.6 Å². The van der Waals surface area contributed by atoms with E-state index in [9.17, 15) is 0 Å². The van der Waals surface area contributed by atoms with E-state index >= 15 is 0 Å². The Balaban J connectivity index is 2.34. The van der Waals surface area contributed by atoms with Crippen LogP contribution in [0.25, 0.3) is 0 Å². The Morgan fingerprint density at radius 2 is 2.12 bits per heavy atom. The summed E-state index contributed by atoms with van der Waals surface area (Å²) in [6.45, 7) is 9.84. The molecule has 1 saturated heterocycles. The third kappa shape index (κ3) is 1.89. The normalized spacial score (nSPS) is 27.6. The Morgan fingerprint density at radius 1 is 1.44 bits per heavy atom. The van der Waals surface area contributed by atoms with E-state index in [-0.39, 0.29) is 17.6 Å². The van der Waals surface area contributed by atoms with Crippen LogP contribution in [0.15, 0.2) is 16.7 Å². The van der Waals surface area contributed by atoms with Crippen molar-refractivity contribution < 1.29 is 4.42 Å². The minimum Gasteiger partial charge on any atom is -0.467 e. The highest BCUT2D eigenvalue weighted by molar-refractivity contribution is 5.22. The van der Waals surface area contributed by atoms with Gasteiger partial charge in [-0.1, -0.05) is 0 Å². The number of furan rings is 1. The third-order valence-corrected chi connectivity index (χ3v) is 3.48. The van der Waals surface area contributed by atoms with E-state index in [1.807, 2.05) is 6.07 Å². The molecule has 0 aromatic carbocycles. The van der Waals surface area contributed by atoms with Crippen molar-refractivity contribution in [2.75, 3.05) is 6.54 Å². The van der Waals surface area contributed by atoms with Crippen LogP contribution < -0.4 is 5.73 Å². The molecule has 1 aliphatic heterocycles. The molecule has 0 spiro atoms. The summed E-state index contributed by atoms with van der Waals surface area (Å²) in [7, 11) is 0. The summed E-state index contributed by atoms with van der Waals surface area (Å²) in [5.74, 6) is 1.04. The van der Waals surface area contributed by atoms with E-state index in [0.717, 1.165) is 18.7 Å². The van der Waals surface area contributed by atoms with Gasteiger partial charge in [-0.2, -0.15) is 0 Å². The average Bonchev–Trinajstić information content (AvgIpc) is 2.70. The van der Waals surface area contributed by atoms with Crippen LogP contribution in [0.3, 0.4) is 0 Å². The van der Waals surface area contributed by atoms with Gasteiger partial charge in [-0.3, -0.25) is 4.90 Å². The Bertz CT molecular complexity index is 364. The molecule has 2 unspecified atom stereocenters. The number of nitrogens with two attached hydrogens (primary N) is 1. The summed E-state index contributed by atoms with van der Waals surface area (Å²) in [6.07, 6.45) is 2.80. The van der Waals surface area contributed by atoms with E-state index in [4.69, 9.17) is 10.2 Å². The molecule has 0 saturated carbocycles. The fourth-order valence-electron chi connectivity index (χ4n) is 2.59. The number of rotatable bonds is 1. The molecular formula is C13H22N2O. The lowest BCUT2D eigenvalue weighted by Crippen LogP contribution is -2.43. The molecule has 0 aliphatic carbocycles. The SMILES string of the molecule is Cc1ccoc1C1C(N)CCN1C(C)(C)C. The summed E-state index contributed by atoms with van der Waals surface area (Å²) in [5, 5.41) is 0. The molecule has 2 atom stereocenters. The highest BCUT2D eigenvalue weighted by atomic mass is 16.3. The first kappa shape index (κ1) is 11.7. The summed E-state index contributed by atoms with van der Waals surface area (Å²) in [6, 6.07) is 2.43. The van der Waals surface area contributed by atoms with Gasteiger partial charge in [-0.05, 0) is 45.7 Å². The number of aryl methyl sites for hydroxylation is 1. The fourth-order valence-corrected chi connectivity index (χ4v) is 2.59. The van der Waals surface area contributed by atoms with Crippen molar-refractivity contribution in [3.8, 4) is 0 Å². The van der Waals surface area contributed by atoms with Crippen LogP contribution in [-0.4, -0.2) is 23.0 Å². The van der Waals surface area contributed by atoms with Gasteiger partial charge in [0.2, 0.25) is 0 Å². The molecule has 0 amide bonds. The topological polar surface area (TPSA) is 42.4 Å². The van der Waals surface area contributed by atoms with Gasteiger partial charge in [-0.15, -0.1) is 0 Å². The maximum atomic E-state index is 6.22. The van der Waals surface area contributed by atoms with Crippen molar-refractivity contribution in [1.82, 2.24) is 4.90 Å². The molecule has 90 valence electrons. The smallest absolute Gasteiger partial charge is 0.125 e. The van der Waals surface area contributed by atoms with E-state index in [0.29, 0.717) is 0 Å². The predicted molar refractivity (Wildman–Crippen MR) is 65.2 cm³/mol. The molecule has 1 fully saturated rings. The average molecular weight is 222 g/mol. The lowest BCUT2D eigenvalue weighted by Gasteiger charge is -2.37. The Labute approximate surface area is 97.6 Å².